The molecule has 0 bridgehead atoms. The van der Waals surface area contributed by atoms with Crippen molar-refractivity contribution in [2.24, 2.45) is 0 Å². The summed E-state index contributed by atoms with van der Waals surface area (Å²) in [4.78, 5) is 5.67. The molecule has 0 amide bonds. The summed E-state index contributed by atoms with van der Waals surface area (Å²) in [6.45, 7) is 6.46. The maximum atomic E-state index is 13.2. The molecule has 2 aliphatic heterocycles. The Morgan fingerprint density at radius 2 is 1.66 bits per heavy atom. The van der Waals surface area contributed by atoms with Crippen molar-refractivity contribution < 1.29 is 48.2 Å². The van der Waals surface area contributed by atoms with E-state index in [1.165, 1.54) is 25.2 Å². The number of alkyl halides is 3. The third kappa shape index (κ3) is 5.52. The maximum Gasteiger partial charge on any atom is 0.416 e. The third-order valence-corrected chi connectivity index (χ3v) is 6.40. The second kappa shape index (κ2) is 10.3. The molecule has 4 rings (SSSR count). The molecule has 9 heteroatoms. The highest BCUT2D eigenvalue weighted by molar-refractivity contribution is 7.99. The molecular weight excluding hydrogens is 442 g/mol. The highest BCUT2D eigenvalue weighted by atomic mass is 35.5. The molecule has 3 nitrogen and oxygen atoms in total. The molecule has 0 aromatic heterocycles. The Kier molecular flexibility index (Phi) is 8.55. The highest BCUT2D eigenvalue weighted by Gasteiger charge is 2.33. The first-order valence-electron chi connectivity index (χ1n) is 9.43. The zero-order valence-electron chi connectivity index (χ0n) is 15.8. The summed E-state index contributed by atoms with van der Waals surface area (Å²) in [6.07, 6.45) is -3.36. The Balaban J connectivity index is 0.00000150. The van der Waals surface area contributed by atoms with Gasteiger partial charge in [0.25, 0.3) is 0 Å². The number of para-hydroxylation sites is 1. The summed E-state index contributed by atoms with van der Waals surface area (Å²) in [6, 6.07) is 12.1. The van der Waals surface area contributed by atoms with Crippen LogP contribution in [0.3, 0.4) is 0 Å². The van der Waals surface area contributed by atoms with Gasteiger partial charge in [0.1, 0.15) is 26.2 Å². The van der Waals surface area contributed by atoms with Gasteiger partial charge >= 0.3 is 6.18 Å². The van der Waals surface area contributed by atoms with E-state index >= 15 is 0 Å². The predicted octanol–water partition coefficient (Wildman–Crippen LogP) is -3.83. The second-order valence-electron chi connectivity index (χ2n) is 7.12. The Bertz CT molecular complexity index is 814. The van der Waals surface area contributed by atoms with Crippen molar-refractivity contribution in [1.82, 2.24) is 0 Å². The van der Waals surface area contributed by atoms with Gasteiger partial charge in [-0.25, -0.2) is 0 Å². The van der Waals surface area contributed by atoms with Gasteiger partial charge in [-0.2, -0.15) is 13.2 Å². The molecule has 29 heavy (non-hydrogen) atoms. The van der Waals surface area contributed by atoms with Crippen LogP contribution in [0.2, 0.25) is 0 Å². The molecule has 2 aromatic carbocycles. The summed E-state index contributed by atoms with van der Waals surface area (Å²) in [7, 11) is 0. The van der Waals surface area contributed by atoms with Gasteiger partial charge in [-0.3, -0.25) is 0 Å². The molecule has 3 N–H and O–H groups in total. The second-order valence-corrected chi connectivity index (χ2v) is 8.21. The molecule has 2 aromatic rings. The van der Waals surface area contributed by atoms with Gasteiger partial charge in [-0.15, -0.1) is 0 Å². The summed E-state index contributed by atoms with van der Waals surface area (Å²) in [5, 5.41) is 2.34. The van der Waals surface area contributed by atoms with E-state index in [0.29, 0.717) is 5.69 Å². The molecule has 0 saturated carbocycles. The Morgan fingerprint density at radius 1 is 0.966 bits per heavy atom. The quantitative estimate of drug-likeness (QED) is 0.483. The van der Waals surface area contributed by atoms with Crippen LogP contribution < -0.4 is 39.9 Å². The molecule has 2 aliphatic rings. The number of quaternary nitrogens is 2. The van der Waals surface area contributed by atoms with Crippen LogP contribution in [0, 0.1) is 0 Å². The number of hydrogen-bond acceptors (Lipinski definition) is 2. The van der Waals surface area contributed by atoms with Crippen molar-refractivity contribution in [3.63, 3.8) is 0 Å². The number of nitrogens with two attached hydrogens (primary N) is 1. The summed E-state index contributed by atoms with van der Waals surface area (Å²) in [5.41, 5.74) is 1.11. The Morgan fingerprint density at radius 3 is 2.38 bits per heavy atom. The number of anilines is 2. The minimum Gasteiger partial charge on any atom is -1.00 e. The average Bonchev–Trinajstić information content (AvgIpc) is 2.67. The lowest BCUT2D eigenvalue weighted by molar-refractivity contribution is -0.946. The number of nitrogens with one attached hydrogen (secondary N) is 1. The van der Waals surface area contributed by atoms with Gasteiger partial charge in [-0.1, -0.05) is 23.9 Å². The van der Waals surface area contributed by atoms with E-state index in [2.05, 4.69) is 10.2 Å². The first-order chi connectivity index (χ1) is 13.0. The van der Waals surface area contributed by atoms with Crippen molar-refractivity contribution in [3.05, 3.63) is 48.0 Å². The van der Waals surface area contributed by atoms with Crippen LogP contribution in [-0.2, 0) is 6.18 Å². The van der Waals surface area contributed by atoms with E-state index in [1.807, 2.05) is 24.3 Å². The zero-order valence-corrected chi connectivity index (χ0v) is 18.1. The van der Waals surface area contributed by atoms with Gasteiger partial charge in [0.05, 0.1) is 23.5 Å². The molecule has 160 valence electrons. The molecule has 0 atom stereocenters. The minimum absolute atomic E-state index is 0. The van der Waals surface area contributed by atoms with Crippen LogP contribution in [0.1, 0.15) is 12.0 Å². The van der Waals surface area contributed by atoms with Crippen molar-refractivity contribution >= 4 is 23.1 Å². The van der Waals surface area contributed by atoms with Gasteiger partial charge in [0, 0.05) is 22.8 Å². The topological polar surface area (TPSA) is 24.3 Å². The summed E-state index contributed by atoms with van der Waals surface area (Å²) in [5.74, 6) is 0. The minimum atomic E-state index is -4.32. The van der Waals surface area contributed by atoms with Crippen LogP contribution in [0.15, 0.2) is 52.3 Å². The molecule has 1 saturated heterocycles. The SMILES string of the molecule is FC(F)(F)c1ccc2c(c1)N(CCC[NH+]1CC[NH2+]CC1)c1ccccc1S2.[Cl-].[Cl-]. The third-order valence-electron chi connectivity index (χ3n) is 5.27. The Hall–Kier alpha value is -1.12. The summed E-state index contributed by atoms with van der Waals surface area (Å²) < 4.78 is 39.7. The number of hydrogen-bond donors (Lipinski definition) is 2. The molecule has 2 heterocycles. The van der Waals surface area contributed by atoms with Gasteiger partial charge in [-0.05, 0) is 30.3 Å². The van der Waals surface area contributed by atoms with Crippen molar-refractivity contribution in [1.29, 1.82) is 0 Å². The van der Waals surface area contributed by atoms with E-state index in [9.17, 15) is 13.2 Å². The van der Waals surface area contributed by atoms with Crippen LogP contribution in [0.4, 0.5) is 24.5 Å². The van der Waals surface area contributed by atoms with Crippen molar-refractivity contribution in [2.45, 2.75) is 22.4 Å². The largest absolute Gasteiger partial charge is 1.00 e. The lowest BCUT2D eigenvalue weighted by atomic mass is 10.1. The first-order valence-corrected chi connectivity index (χ1v) is 10.2. The van der Waals surface area contributed by atoms with Crippen molar-refractivity contribution in [3.8, 4) is 0 Å². The average molecular weight is 466 g/mol. The van der Waals surface area contributed by atoms with Crippen LogP contribution >= 0.6 is 11.8 Å². The number of benzene rings is 2. The van der Waals surface area contributed by atoms with E-state index in [0.717, 1.165) is 48.1 Å². The molecule has 0 radical (unpaired) electrons. The van der Waals surface area contributed by atoms with E-state index < -0.39 is 11.7 Å². The lowest BCUT2D eigenvalue weighted by Gasteiger charge is -2.33. The monoisotopic (exact) mass is 465 g/mol. The molecule has 1 fully saturated rings. The predicted molar refractivity (Wildman–Crippen MR) is 101 cm³/mol. The first kappa shape index (κ1) is 24.2. The van der Waals surface area contributed by atoms with Gasteiger partial charge in [0.2, 0.25) is 0 Å². The van der Waals surface area contributed by atoms with E-state index in [4.69, 9.17) is 0 Å². The van der Waals surface area contributed by atoms with Gasteiger partial charge in [0.15, 0.2) is 0 Å². The number of halogens is 5. The highest BCUT2D eigenvalue weighted by Crippen LogP contribution is 2.49. The summed E-state index contributed by atoms with van der Waals surface area (Å²) >= 11 is 1.55. The lowest BCUT2D eigenvalue weighted by Crippen LogP contribution is -3.20. The Labute approximate surface area is 185 Å². The van der Waals surface area contributed by atoms with E-state index in [1.54, 1.807) is 22.7 Å². The molecular formula is C20H24Cl2F3N3S. The maximum absolute atomic E-state index is 13.2. The van der Waals surface area contributed by atoms with Crippen molar-refractivity contribution in [2.75, 3.05) is 44.2 Å². The fourth-order valence-corrected chi connectivity index (χ4v) is 4.94. The van der Waals surface area contributed by atoms with Crippen LogP contribution in [0.5, 0.6) is 0 Å². The molecule has 0 unspecified atom stereocenters. The number of fused-ring (bicyclic) bond motifs is 2. The number of nitrogens with zero attached hydrogens (tertiary/aromatic N) is 1. The van der Waals surface area contributed by atoms with Gasteiger partial charge < -0.3 is 39.9 Å². The standard InChI is InChI=1S/C20H22F3N3S.2ClH/c21-20(22,23)15-6-7-19-17(14-15)26(16-4-1-2-5-18(16)27-19)11-3-10-25-12-8-24-9-13-25;;/h1-2,4-7,14,24H,3,8-13H2;2*1H. The number of piperazine rings is 1. The smallest absolute Gasteiger partial charge is 0.416 e. The zero-order chi connectivity index (χ0) is 18.9. The fourth-order valence-electron chi connectivity index (χ4n) is 3.87. The number of rotatable bonds is 4. The van der Waals surface area contributed by atoms with Crippen LogP contribution in [0.25, 0.3) is 0 Å². The van der Waals surface area contributed by atoms with E-state index in [-0.39, 0.29) is 24.8 Å². The molecule has 0 spiro atoms. The molecule has 0 aliphatic carbocycles. The van der Waals surface area contributed by atoms with Crippen LogP contribution in [-0.4, -0.2) is 39.3 Å². The normalized spacial score (nSPS) is 16.3. The fraction of sp³-hybridized carbons (Fsp3) is 0.400.